The Kier molecular flexibility index (Phi) is 4.80. The molecule has 0 aliphatic rings. The number of hydrogen-bond donors (Lipinski definition) is 1. The van der Waals surface area contributed by atoms with Gasteiger partial charge in [0.25, 0.3) is 0 Å². The fourth-order valence-electron chi connectivity index (χ4n) is 1.23. The van der Waals surface area contributed by atoms with Crippen molar-refractivity contribution in [2.45, 2.75) is 52.2 Å². The predicted molar refractivity (Wildman–Crippen MR) is 65.6 cm³/mol. The first-order valence-electron chi connectivity index (χ1n) is 5.44. The quantitative estimate of drug-likeness (QED) is 0.792. The van der Waals surface area contributed by atoms with E-state index in [1.807, 2.05) is 0 Å². The molecule has 0 rings (SSSR count). The third kappa shape index (κ3) is 4.98. The standard InChI is InChI=1S/C11H25NO2S/c1-10(2,3)15(13,14)9-7-11(4,5)6-8-12/h6-9,12H2,1-5H3. The summed E-state index contributed by atoms with van der Waals surface area (Å²) in [5.41, 5.74) is 5.51. The molecular weight excluding hydrogens is 210 g/mol. The van der Waals surface area contributed by atoms with Crippen molar-refractivity contribution in [3.8, 4) is 0 Å². The molecule has 0 radical (unpaired) electrons. The Bertz CT molecular complexity index is 286. The fourth-order valence-corrected chi connectivity index (χ4v) is 2.67. The first-order valence-corrected chi connectivity index (χ1v) is 7.09. The second-order valence-corrected chi connectivity index (χ2v) is 8.75. The van der Waals surface area contributed by atoms with Crippen LogP contribution in [-0.4, -0.2) is 25.5 Å². The maximum Gasteiger partial charge on any atom is 0.155 e. The molecule has 92 valence electrons. The lowest BCUT2D eigenvalue weighted by Crippen LogP contribution is -2.32. The molecule has 0 amide bonds. The van der Waals surface area contributed by atoms with E-state index in [9.17, 15) is 8.42 Å². The van der Waals surface area contributed by atoms with Gasteiger partial charge >= 0.3 is 0 Å². The topological polar surface area (TPSA) is 60.2 Å². The molecule has 2 N–H and O–H groups in total. The highest BCUT2D eigenvalue weighted by atomic mass is 32.2. The number of rotatable bonds is 5. The second kappa shape index (κ2) is 4.83. The van der Waals surface area contributed by atoms with Crippen molar-refractivity contribution < 1.29 is 8.42 Å². The van der Waals surface area contributed by atoms with E-state index in [1.54, 1.807) is 20.8 Å². The molecule has 0 fully saturated rings. The van der Waals surface area contributed by atoms with Crippen LogP contribution in [0.4, 0.5) is 0 Å². The third-order valence-electron chi connectivity index (χ3n) is 2.80. The number of sulfone groups is 1. The largest absolute Gasteiger partial charge is 0.330 e. The van der Waals surface area contributed by atoms with Gasteiger partial charge in [-0.1, -0.05) is 13.8 Å². The van der Waals surface area contributed by atoms with Crippen molar-refractivity contribution >= 4 is 9.84 Å². The maximum absolute atomic E-state index is 11.9. The molecule has 0 aromatic heterocycles. The van der Waals surface area contributed by atoms with Crippen LogP contribution in [0.1, 0.15) is 47.5 Å². The molecule has 0 unspecified atom stereocenters. The summed E-state index contributed by atoms with van der Waals surface area (Å²) in [4.78, 5) is 0. The Morgan fingerprint density at radius 3 is 1.80 bits per heavy atom. The van der Waals surface area contributed by atoms with Crippen molar-refractivity contribution in [3.05, 3.63) is 0 Å². The van der Waals surface area contributed by atoms with Gasteiger partial charge in [0.05, 0.1) is 10.5 Å². The molecule has 0 atom stereocenters. The molecule has 3 nitrogen and oxygen atoms in total. The summed E-state index contributed by atoms with van der Waals surface area (Å²) in [5.74, 6) is 0.253. The van der Waals surface area contributed by atoms with Gasteiger partial charge in [-0.3, -0.25) is 0 Å². The van der Waals surface area contributed by atoms with Gasteiger partial charge in [-0.15, -0.1) is 0 Å². The Hall–Kier alpha value is -0.0900. The highest BCUT2D eigenvalue weighted by Crippen LogP contribution is 2.27. The van der Waals surface area contributed by atoms with Gasteiger partial charge in [-0.25, -0.2) is 8.42 Å². The SMILES string of the molecule is CC(C)(CCN)CCS(=O)(=O)C(C)(C)C. The molecule has 0 spiro atoms. The van der Waals surface area contributed by atoms with E-state index in [0.29, 0.717) is 13.0 Å². The normalized spacial score (nSPS) is 14.3. The number of hydrogen-bond acceptors (Lipinski definition) is 3. The van der Waals surface area contributed by atoms with E-state index in [1.165, 1.54) is 0 Å². The molecular formula is C11H25NO2S. The van der Waals surface area contributed by atoms with E-state index in [4.69, 9.17) is 5.73 Å². The maximum atomic E-state index is 11.9. The average molecular weight is 235 g/mol. The van der Waals surface area contributed by atoms with E-state index >= 15 is 0 Å². The van der Waals surface area contributed by atoms with Gasteiger partial charge < -0.3 is 5.73 Å². The molecule has 0 aromatic carbocycles. The zero-order valence-electron chi connectivity index (χ0n) is 10.6. The molecule has 0 aliphatic heterocycles. The highest BCUT2D eigenvalue weighted by molar-refractivity contribution is 7.92. The van der Waals surface area contributed by atoms with Gasteiger partial charge in [-0.05, 0) is 45.6 Å². The Morgan fingerprint density at radius 1 is 1.00 bits per heavy atom. The average Bonchev–Trinajstić information content (AvgIpc) is 1.99. The lowest BCUT2D eigenvalue weighted by atomic mass is 9.87. The summed E-state index contributed by atoms with van der Waals surface area (Å²) in [5, 5.41) is 0. The van der Waals surface area contributed by atoms with Crippen LogP contribution >= 0.6 is 0 Å². The Balaban J connectivity index is 4.41. The molecule has 0 saturated carbocycles. The van der Waals surface area contributed by atoms with Gasteiger partial charge in [0.15, 0.2) is 9.84 Å². The lowest BCUT2D eigenvalue weighted by molar-refractivity contribution is 0.328. The zero-order chi connectivity index (χ0) is 12.3. The van der Waals surface area contributed by atoms with Crippen LogP contribution in [0.3, 0.4) is 0 Å². The predicted octanol–water partition coefficient (Wildman–Crippen LogP) is 1.96. The van der Waals surface area contributed by atoms with E-state index in [-0.39, 0.29) is 11.2 Å². The molecule has 4 heteroatoms. The van der Waals surface area contributed by atoms with Crippen molar-refractivity contribution in [2.24, 2.45) is 11.1 Å². The van der Waals surface area contributed by atoms with E-state index in [2.05, 4.69) is 13.8 Å². The number of nitrogens with two attached hydrogens (primary N) is 1. The first kappa shape index (κ1) is 14.9. The van der Waals surface area contributed by atoms with Crippen molar-refractivity contribution in [1.29, 1.82) is 0 Å². The van der Waals surface area contributed by atoms with Crippen molar-refractivity contribution in [2.75, 3.05) is 12.3 Å². The molecule has 0 aromatic rings. The monoisotopic (exact) mass is 235 g/mol. The van der Waals surface area contributed by atoms with Crippen LogP contribution in [0.2, 0.25) is 0 Å². The van der Waals surface area contributed by atoms with Gasteiger partial charge in [0.2, 0.25) is 0 Å². The van der Waals surface area contributed by atoms with Crippen LogP contribution < -0.4 is 5.73 Å². The van der Waals surface area contributed by atoms with Gasteiger partial charge in [0.1, 0.15) is 0 Å². The zero-order valence-corrected chi connectivity index (χ0v) is 11.4. The van der Waals surface area contributed by atoms with Gasteiger partial charge in [-0.2, -0.15) is 0 Å². The van der Waals surface area contributed by atoms with Crippen LogP contribution in [0.15, 0.2) is 0 Å². The summed E-state index contributed by atoms with van der Waals surface area (Å²) in [6, 6.07) is 0. The van der Waals surface area contributed by atoms with Crippen molar-refractivity contribution in [1.82, 2.24) is 0 Å². The van der Waals surface area contributed by atoms with Gasteiger partial charge in [0, 0.05) is 0 Å². The molecule has 0 bridgehead atoms. The third-order valence-corrected chi connectivity index (χ3v) is 5.41. The van der Waals surface area contributed by atoms with Crippen LogP contribution in [-0.2, 0) is 9.84 Å². The highest BCUT2D eigenvalue weighted by Gasteiger charge is 2.30. The molecule has 0 aliphatic carbocycles. The summed E-state index contributed by atoms with van der Waals surface area (Å²) in [6.45, 7) is 9.99. The lowest BCUT2D eigenvalue weighted by Gasteiger charge is -2.26. The fraction of sp³-hybridized carbons (Fsp3) is 1.00. The van der Waals surface area contributed by atoms with Crippen molar-refractivity contribution in [3.63, 3.8) is 0 Å². The smallest absolute Gasteiger partial charge is 0.155 e. The van der Waals surface area contributed by atoms with Crippen LogP contribution in [0, 0.1) is 5.41 Å². The minimum absolute atomic E-state index is 0.0209. The molecule has 0 heterocycles. The summed E-state index contributed by atoms with van der Waals surface area (Å²) >= 11 is 0. The van der Waals surface area contributed by atoms with Crippen LogP contribution in [0.25, 0.3) is 0 Å². The summed E-state index contributed by atoms with van der Waals surface area (Å²) < 4.78 is 23.1. The molecule has 0 saturated heterocycles. The van der Waals surface area contributed by atoms with Crippen LogP contribution in [0.5, 0.6) is 0 Å². The summed E-state index contributed by atoms with van der Waals surface area (Å²) in [6.07, 6.45) is 1.55. The van der Waals surface area contributed by atoms with E-state index < -0.39 is 14.6 Å². The minimum Gasteiger partial charge on any atom is -0.330 e. The first-order chi connectivity index (χ1) is 6.52. The van der Waals surface area contributed by atoms with E-state index in [0.717, 1.165) is 6.42 Å². The summed E-state index contributed by atoms with van der Waals surface area (Å²) in [7, 11) is -2.99. The minimum atomic E-state index is -2.99. The Morgan fingerprint density at radius 2 is 1.47 bits per heavy atom. The Labute approximate surface area is 94.4 Å². The molecule has 15 heavy (non-hydrogen) atoms. The second-order valence-electron chi connectivity index (χ2n) is 5.88.